The minimum atomic E-state index is -0.571. The van der Waals surface area contributed by atoms with Crippen molar-refractivity contribution >= 4 is 0 Å². The first-order valence-corrected chi connectivity index (χ1v) is 3.08. The average Bonchev–Trinajstić information content (AvgIpc) is 1.16. The topological polar surface area (TPSA) is 23.5 Å². The Labute approximate surface area is 50.1 Å². The predicted molar refractivity (Wildman–Crippen MR) is 32.5 cm³/mol. The third kappa shape index (κ3) is 1.01. The van der Waals surface area contributed by atoms with E-state index in [0.29, 0.717) is 0 Å². The van der Waals surface area contributed by atoms with Crippen molar-refractivity contribution in [1.82, 2.24) is 4.90 Å². The van der Waals surface area contributed by atoms with E-state index in [1.807, 2.05) is 18.7 Å². The molecule has 1 fully saturated rings. The fourth-order valence-electron chi connectivity index (χ4n) is 0.863. The van der Waals surface area contributed by atoms with Gasteiger partial charge in [0.05, 0.1) is 0 Å². The summed E-state index contributed by atoms with van der Waals surface area (Å²) in [5, 5.41) is 9.26. The van der Waals surface area contributed by atoms with E-state index in [2.05, 4.69) is 0 Å². The lowest BCUT2D eigenvalue weighted by molar-refractivity contribution is -0.109. The Kier molecular flexibility index (Phi) is 1.29. The first-order chi connectivity index (χ1) is 3.61. The molecule has 1 heterocycles. The number of hydrogen-bond acceptors (Lipinski definition) is 2. The van der Waals surface area contributed by atoms with Gasteiger partial charge in [0, 0.05) is 13.1 Å². The molecule has 0 aromatic heterocycles. The van der Waals surface area contributed by atoms with E-state index in [0.717, 1.165) is 13.1 Å². The monoisotopic (exact) mass is 115 g/mol. The number of nitrogens with zero attached hydrogens (tertiary/aromatic N) is 1. The van der Waals surface area contributed by atoms with Gasteiger partial charge in [-0.1, -0.05) is 0 Å². The highest BCUT2D eigenvalue weighted by atomic mass is 16.3. The lowest BCUT2D eigenvalue weighted by atomic mass is 10.1. The van der Waals surface area contributed by atoms with Crippen molar-refractivity contribution in [3.8, 4) is 0 Å². The third-order valence-electron chi connectivity index (χ3n) is 1.63. The first-order valence-electron chi connectivity index (χ1n) is 3.08. The molecule has 8 heavy (non-hydrogen) atoms. The second-order valence-corrected chi connectivity index (χ2v) is 2.84. The van der Waals surface area contributed by atoms with Crippen molar-refractivity contribution in [2.75, 3.05) is 13.1 Å². The summed E-state index contributed by atoms with van der Waals surface area (Å²) in [6, 6.07) is 0. The smallest absolute Gasteiger partial charge is 0.112 e. The van der Waals surface area contributed by atoms with Crippen LogP contribution in [0.25, 0.3) is 0 Å². The van der Waals surface area contributed by atoms with Crippen molar-refractivity contribution in [1.29, 1.82) is 0 Å². The molecule has 0 bridgehead atoms. The maximum atomic E-state index is 9.26. The van der Waals surface area contributed by atoms with Crippen LogP contribution in [0.1, 0.15) is 20.3 Å². The maximum Gasteiger partial charge on any atom is 0.112 e. The van der Waals surface area contributed by atoms with Crippen LogP contribution in [0.3, 0.4) is 0 Å². The minimum Gasteiger partial charge on any atom is -0.376 e. The Morgan fingerprint density at radius 2 is 1.88 bits per heavy atom. The summed E-state index contributed by atoms with van der Waals surface area (Å²) in [7, 11) is 0. The van der Waals surface area contributed by atoms with Gasteiger partial charge in [-0.25, -0.2) is 0 Å². The highest BCUT2D eigenvalue weighted by molar-refractivity contribution is 4.76. The van der Waals surface area contributed by atoms with Gasteiger partial charge in [0.25, 0.3) is 0 Å². The van der Waals surface area contributed by atoms with Gasteiger partial charge in [0.2, 0.25) is 0 Å². The molecule has 0 amide bonds. The van der Waals surface area contributed by atoms with Crippen LogP contribution < -0.4 is 0 Å². The largest absolute Gasteiger partial charge is 0.376 e. The van der Waals surface area contributed by atoms with Crippen LogP contribution in [0.4, 0.5) is 0 Å². The second kappa shape index (κ2) is 1.71. The van der Waals surface area contributed by atoms with Crippen molar-refractivity contribution in [3.63, 3.8) is 0 Å². The third-order valence-corrected chi connectivity index (χ3v) is 1.63. The Hall–Kier alpha value is -0.0800. The summed E-state index contributed by atoms with van der Waals surface area (Å²) < 4.78 is 0. The highest BCUT2D eigenvalue weighted by Crippen LogP contribution is 2.17. The molecule has 1 saturated heterocycles. The maximum absolute atomic E-state index is 9.26. The fourth-order valence-corrected chi connectivity index (χ4v) is 0.863. The molecule has 0 unspecified atom stereocenters. The Morgan fingerprint density at radius 1 is 1.38 bits per heavy atom. The Bertz CT molecular complexity index is 81.0. The van der Waals surface area contributed by atoms with Crippen LogP contribution >= 0.6 is 0 Å². The molecule has 0 saturated carbocycles. The SMILES string of the molecule is CC(C)(O)N1CCC1. The van der Waals surface area contributed by atoms with Gasteiger partial charge in [-0.05, 0) is 20.3 Å². The van der Waals surface area contributed by atoms with E-state index < -0.39 is 5.72 Å². The van der Waals surface area contributed by atoms with Crippen LogP contribution in [0.5, 0.6) is 0 Å². The van der Waals surface area contributed by atoms with Gasteiger partial charge in [0.1, 0.15) is 5.72 Å². The van der Waals surface area contributed by atoms with Crippen LogP contribution in [0.15, 0.2) is 0 Å². The molecule has 0 aromatic rings. The molecule has 0 radical (unpaired) electrons. The lowest BCUT2D eigenvalue weighted by Gasteiger charge is -2.40. The van der Waals surface area contributed by atoms with Crippen molar-refractivity contribution in [2.45, 2.75) is 26.0 Å². The zero-order valence-electron chi connectivity index (χ0n) is 5.52. The molecule has 0 aromatic carbocycles. The van der Waals surface area contributed by atoms with Crippen LogP contribution in [0, 0.1) is 0 Å². The number of hydrogen-bond donors (Lipinski definition) is 1. The van der Waals surface area contributed by atoms with Gasteiger partial charge in [-0.3, -0.25) is 4.90 Å². The summed E-state index contributed by atoms with van der Waals surface area (Å²) in [5.74, 6) is 0. The molecule has 0 spiro atoms. The molecule has 1 N–H and O–H groups in total. The van der Waals surface area contributed by atoms with E-state index in [9.17, 15) is 5.11 Å². The molecule has 1 aliphatic rings. The standard InChI is InChI=1S/C6H13NO/c1-6(2,8)7-4-3-5-7/h8H,3-5H2,1-2H3. The van der Waals surface area contributed by atoms with E-state index in [1.165, 1.54) is 6.42 Å². The number of likely N-dealkylation sites (tertiary alicyclic amines) is 1. The van der Waals surface area contributed by atoms with Gasteiger partial charge in [0.15, 0.2) is 0 Å². The molecule has 48 valence electrons. The van der Waals surface area contributed by atoms with Crippen LogP contribution in [0.2, 0.25) is 0 Å². The van der Waals surface area contributed by atoms with Gasteiger partial charge in [-0.15, -0.1) is 0 Å². The predicted octanol–water partition coefficient (Wildman–Crippen LogP) is 0.421. The fraction of sp³-hybridized carbons (Fsp3) is 1.00. The quantitative estimate of drug-likeness (QED) is 0.535. The summed E-state index contributed by atoms with van der Waals surface area (Å²) in [5.41, 5.74) is -0.571. The normalized spacial score (nSPS) is 22.9. The van der Waals surface area contributed by atoms with Gasteiger partial charge < -0.3 is 5.11 Å². The number of aliphatic hydroxyl groups is 1. The molecule has 2 heteroatoms. The van der Waals surface area contributed by atoms with Crippen molar-refractivity contribution < 1.29 is 5.11 Å². The van der Waals surface area contributed by atoms with E-state index in [1.54, 1.807) is 0 Å². The molecule has 1 aliphatic heterocycles. The van der Waals surface area contributed by atoms with Crippen molar-refractivity contribution in [2.24, 2.45) is 0 Å². The zero-order chi connectivity index (χ0) is 6.20. The minimum absolute atomic E-state index is 0.571. The van der Waals surface area contributed by atoms with Crippen LogP contribution in [-0.2, 0) is 0 Å². The summed E-state index contributed by atoms with van der Waals surface area (Å²) in [6.07, 6.45) is 1.24. The molecular weight excluding hydrogens is 102 g/mol. The highest BCUT2D eigenvalue weighted by Gasteiger charge is 2.27. The Morgan fingerprint density at radius 3 is 1.88 bits per heavy atom. The number of rotatable bonds is 1. The molecule has 0 aliphatic carbocycles. The second-order valence-electron chi connectivity index (χ2n) is 2.84. The molecule has 2 nitrogen and oxygen atoms in total. The van der Waals surface area contributed by atoms with Crippen LogP contribution in [-0.4, -0.2) is 28.8 Å². The van der Waals surface area contributed by atoms with E-state index >= 15 is 0 Å². The summed E-state index contributed by atoms with van der Waals surface area (Å²) in [6.45, 7) is 5.77. The average molecular weight is 115 g/mol. The van der Waals surface area contributed by atoms with E-state index in [-0.39, 0.29) is 0 Å². The molecular formula is C6H13NO. The van der Waals surface area contributed by atoms with Gasteiger partial charge in [-0.2, -0.15) is 0 Å². The molecule has 1 rings (SSSR count). The zero-order valence-corrected chi connectivity index (χ0v) is 5.52. The van der Waals surface area contributed by atoms with Crippen molar-refractivity contribution in [3.05, 3.63) is 0 Å². The first kappa shape index (κ1) is 6.05. The summed E-state index contributed by atoms with van der Waals surface area (Å²) >= 11 is 0. The Balaban J connectivity index is 2.34. The molecule has 0 atom stereocenters. The summed E-state index contributed by atoms with van der Waals surface area (Å²) in [4.78, 5) is 2.05. The lowest BCUT2D eigenvalue weighted by Crippen LogP contribution is -2.51. The van der Waals surface area contributed by atoms with Gasteiger partial charge >= 0.3 is 0 Å². The van der Waals surface area contributed by atoms with E-state index in [4.69, 9.17) is 0 Å².